The van der Waals surface area contributed by atoms with Gasteiger partial charge in [0.15, 0.2) is 5.82 Å². The first kappa shape index (κ1) is 9.14. The molecule has 0 N–H and O–H groups in total. The first-order valence-electron chi connectivity index (χ1n) is 3.02. The molecule has 1 aromatic carbocycles. The van der Waals surface area contributed by atoms with Gasteiger partial charge in [0, 0.05) is 0 Å². The van der Waals surface area contributed by atoms with Crippen molar-refractivity contribution in [1.29, 1.82) is 0 Å². The van der Waals surface area contributed by atoms with E-state index in [1.807, 2.05) is 0 Å². The van der Waals surface area contributed by atoms with E-state index in [9.17, 15) is 14.5 Å². The van der Waals surface area contributed by atoms with E-state index < -0.39 is 16.4 Å². The van der Waals surface area contributed by atoms with Crippen molar-refractivity contribution in [2.24, 2.45) is 0 Å². The molecule has 0 aliphatic carbocycles. The minimum Gasteiger partial charge on any atom is -0.258 e. The topological polar surface area (TPSA) is 43.1 Å². The molecular formula is C6H4BFNO2P. The van der Waals surface area contributed by atoms with Crippen LogP contribution in [0.15, 0.2) is 12.1 Å². The predicted molar refractivity (Wildman–Crippen MR) is 47.8 cm³/mol. The van der Waals surface area contributed by atoms with Crippen molar-refractivity contribution < 1.29 is 9.31 Å². The second-order valence-corrected chi connectivity index (χ2v) is 2.79. The van der Waals surface area contributed by atoms with Gasteiger partial charge in [-0.2, -0.15) is 0 Å². The number of hydrogen-bond donors (Lipinski definition) is 0. The third kappa shape index (κ3) is 1.46. The van der Waals surface area contributed by atoms with Crippen LogP contribution in [0.3, 0.4) is 0 Å². The molecule has 0 saturated carbocycles. The molecule has 12 heavy (non-hydrogen) atoms. The summed E-state index contributed by atoms with van der Waals surface area (Å²) >= 11 is 0. The first-order chi connectivity index (χ1) is 5.54. The molecule has 0 aromatic heterocycles. The molecular weight excluding hydrogens is 179 g/mol. The fraction of sp³-hybridized carbons (Fsp3) is 0. The van der Waals surface area contributed by atoms with Gasteiger partial charge in [-0.05, 0) is 6.07 Å². The summed E-state index contributed by atoms with van der Waals surface area (Å²) in [5.41, 5.74) is -0.798. The van der Waals surface area contributed by atoms with Gasteiger partial charge < -0.3 is 0 Å². The lowest BCUT2D eigenvalue weighted by molar-refractivity contribution is -0.386. The molecule has 2 radical (unpaired) electrons. The van der Waals surface area contributed by atoms with Crippen molar-refractivity contribution in [3.8, 4) is 0 Å². The Labute approximate surface area is 71.7 Å². The third-order valence-electron chi connectivity index (χ3n) is 1.36. The van der Waals surface area contributed by atoms with Gasteiger partial charge in [0.05, 0.1) is 10.2 Å². The number of rotatable bonds is 1. The fourth-order valence-electron chi connectivity index (χ4n) is 0.781. The normalized spacial score (nSPS) is 9.83. The Morgan fingerprint density at radius 2 is 2.17 bits per heavy atom. The van der Waals surface area contributed by atoms with Crippen LogP contribution in [0.2, 0.25) is 0 Å². The van der Waals surface area contributed by atoms with Crippen LogP contribution in [0.25, 0.3) is 0 Å². The molecule has 0 saturated heterocycles. The molecule has 6 heteroatoms. The summed E-state index contributed by atoms with van der Waals surface area (Å²) < 4.78 is 12.9. The summed E-state index contributed by atoms with van der Waals surface area (Å²) in [6.07, 6.45) is 0. The average Bonchev–Trinajstić information content (AvgIpc) is 1.97. The Morgan fingerprint density at radius 3 is 2.58 bits per heavy atom. The van der Waals surface area contributed by atoms with Crippen molar-refractivity contribution in [2.45, 2.75) is 0 Å². The Bertz CT molecular complexity index is 345. The van der Waals surface area contributed by atoms with Crippen LogP contribution >= 0.6 is 9.24 Å². The van der Waals surface area contributed by atoms with Gasteiger partial charge in [-0.25, -0.2) is 4.39 Å². The van der Waals surface area contributed by atoms with Crippen molar-refractivity contribution in [1.82, 2.24) is 0 Å². The summed E-state index contributed by atoms with van der Waals surface area (Å²) in [5, 5.41) is 10.5. The van der Waals surface area contributed by atoms with E-state index in [1.165, 1.54) is 12.1 Å². The van der Waals surface area contributed by atoms with Gasteiger partial charge in [0.2, 0.25) is 0 Å². The number of hydrogen-bond acceptors (Lipinski definition) is 2. The Hall–Kier alpha value is -0.955. The summed E-state index contributed by atoms with van der Waals surface area (Å²) in [7, 11) is 7.21. The Morgan fingerprint density at radius 1 is 1.58 bits per heavy atom. The molecule has 0 bridgehead atoms. The van der Waals surface area contributed by atoms with Crippen molar-refractivity contribution in [3.63, 3.8) is 0 Å². The monoisotopic (exact) mass is 183 g/mol. The number of nitrogens with zero attached hydrogens (tertiary/aromatic N) is 1. The van der Waals surface area contributed by atoms with E-state index >= 15 is 0 Å². The molecule has 1 unspecified atom stereocenters. The summed E-state index contributed by atoms with van der Waals surface area (Å²) in [6.45, 7) is 0. The molecule has 60 valence electrons. The van der Waals surface area contributed by atoms with Crippen LogP contribution in [0.5, 0.6) is 0 Å². The van der Waals surface area contributed by atoms with Gasteiger partial charge in [0.25, 0.3) is 0 Å². The zero-order valence-corrected chi connectivity index (χ0v) is 7.11. The standard InChI is InChI=1S/C6H4BFNO2P/c7-3-1-2-4(12)6(5(3)8)9(10)11/h1-2H,12H2. The van der Waals surface area contributed by atoms with Crippen molar-refractivity contribution in [2.75, 3.05) is 0 Å². The Kier molecular flexibility index (Phi) is 2.43. The lowest BCUT2D eigenvalue weighted by atomic mass is 9.95. The fourth-order valence-corrected chi connectivity index (χ4v) is 1.11. The van der Waals surface area contributed by atoms with E-state index in [0.717, 1.165) is 0 Å². The third-order valence-corrected chi connectivity index (χ3v) is 1.83. The average molecular weight is 183 g/mol. The highest BCUT2D eigenvalue weighted by molar-refractivity contribution is 7.28. The molecule has 1 atom stereocenters. The number of nitro groups is 1. The largest absolute Gasteiger partial charge is 0.311 e. The summed E-state index contributed by atoms with van der Waals surface area (Å²) in [6, 6.07) is 2.66. The second kappa shape index (κ2) is 3.19. The number of nitro benzene ring substituents is 1. The van der Waals surface area contributed by atoms with Crippen LogP contribution in [0.1, 0.15) is 0 Å². The SMILES string of the molecule is [B]c1ccc(P)c([N+](=O)[O-])c1F. The molecule has 0 aliphatic rings. The van der Waals surface area contributed by atoms with Crippen LogP contribution in [0, 0.1) is 15.9 Å². The molecule has 0 fully saturated rings. The number of halogens is 1. The van der Waals surface area contributed by atoms with Gasteiger partial charge >= 0.3 is 5.69 Å². The zero-order chi connectivity index (χ0) is 9.30. The zero-order valence-electron chi connectivity index (χ0n) is 5.95. The van der Waals surface area contributed by atoms with Gasteiger partial charge in [-0.15, -0.1) is 0 Å². The predicted octanol–water partition coefficient (Wildman–Crippen LogP) is 0.0281. The smallest absolute Gasteiger partial charge is 0.258 e. The van der Waals surface area contributed by atoms with E-state index in [0.29, 0.717) is 0 Å². The van der Waals surface area contributed by atoms with E-state index in [1.54, 1.807) is 0 Å². The van der Waals surface area contributed by atoms with Gasteiger partial charge in [-0.3, -0.25) is 10.1 Å². The minimum absolute atomic E-state index is 0.187. The van der Waals surface area contributed by atoms with E-state index in [4.69, 9.17) is 7.85 Å². The summed E-state index contributed by atoms with van der Waals surface area (Å²) in [5.74, 6) is -0.979. The van der Waals surface area contributed by atoms with E-state index in [2.05, 4.69) is 9.24 Å². The van der Waals surface area contributed by atoms with Crippen molar-refractivity contribution >= 4 is 33.5 Å². The molecule has 0 spiro atoms. The maximum atomic E-state index is 12.9. The first-order valence-corrected chi connectivity index (χ1v) is 3.59. The Balaban J connectivity index is 3.43. The van der Waals surface area contributed by atoms with Crippen LogP contribution in [0.4, 0.5) is 10.1 Å². The van der Waals surface area contributed by atoms with Gasteiger partial charge in [-0.1, -0.05) is 20.8 Å². The number of benzene rings is 1. The molecule has 3 nitrogen and oxygen atoms in total. The molecule has 0 aliphatic heterocycles. The van der Waals surface area contributed by atoms with E-state index in [-0.39, 0.29) is 10.8 Å². The quantitative estimate of drug-likeness (QED) is 0.266. The van der Waals surface area contributed by atoms with Crippen LogP contribution in [-0.4, -0.2) is 12.8 Å². The maximum absolute atomic E-state index is 12.9. The van der Waals surface area contributed by atoms with Crippen LogP contribution in [-0.2, 0) is 0 Å². The molecule has 1 aromatic rings. The van der Waals surface area contributed by atoms with Gasteiger partial charge in [0.1, 0.15) is 7.85 Å². The highest BCUT2D eigenvalue weighted by Gasteiger charge is 2.18. The highest BCUT2D eigenvalue weighted by atomic mass is 31.0. The molecule has 0 heterocycles. The van der Waals surface area contributed by atoms with Crippen molar-refractivity contribution in [3.05, 3.63) is 28.1 Å². The minimum atomic E-state index is -0.979. The second-order valence-electron chi connectivity index (χ2n) is 2.16. The summed E-state index contributed by atoms with van der Waals surface area (Å²) in [4.78, 5) is 9.49. The lowest BCUT2D eigenvalue weighted by Gasteiger charge is -2.00. The lowest BCUT2D eigenvalue weighted by Crippen LogP contribution is -2.16. The highest BCUT2D eigenvalue weighted by Crippen LogP contribution is 2.13. The molecule has 1 rings (SSSR count). The molecule has 0 amide bonds. The maximum Gasteiger partial charge on any atom is 0.311 e. The van der Waals surface area contributed by atoms with Crippen LogP contribution < -0.4 is 10.8 Å².